The molecule has 1 aliphatic rings. The fraction of sp³-hybridized carbons (Fsp3) is 0.105. The molecular formula is C19H14ClNOS. The number of rotatable bonds is 2. The zero-order chi connectivity index (χ0) is 15.8. The molecule has 0 aliphatic heterocycles. The van der Waals surface area contributed by atoms with Crippen LogP contribution in [0.4, 0.5) is 5.69 Å². The van der Waals surface area contributed by atoms with Crippen LogP contribution in [0.5, 0.6) is 0 Å². The first-order chi connectivity index (χ1) is 11.2. The van der Waals surface area contributed by atoms with Crippen LogP contribution in [-0.4, -0.2) is 5.91 Å². The van der Waals surface area contributed by atoms with Gasteiger partial charge in [-0.05, 0) is 59.9 Å². The van der Waals surface area contributed by atoms with Crippen molar-refractivity contribution in [2.24, 2.45) is 0 Å². The van der Waals surface area contributed by atoms with Crippen molar-refractivity contribution in [3.8, 4) is 10.4 Å². The number of nitrogens with one attached hydrogen (secondary N) is 1. The van der Waals surface area contributed by atoms with Gasteiger partial charge < -0.3 is 5.32 Å². The van der Waals surface area contributed by atoms with Crippen molar-refractivity contribution in [3.05, 3.63) is 75.6 Å². The van der Waals surface area contributed by atoms with Gasteiger partial charge in [0.1, 0.15) is 0 Å². The average Bonchev–Trinajstić information content (AvgIpc) is 3.02. The van der Waals surface area contributed by atoms with Gasteiger partial charge in [-0.3, -0.25) is 4.79 Å². The molecule has 23 heavy (non-hydrogen) atoms. The van der Waals surface area contributed by atoms with Gasteiger partial charge in [-0.25, -0.2) is 0 Å². The van der Waals surface area contributed by atoms with Gasteiger partial charge in [0.05, 0.1) is 4.88 Å². The number of carbonyl (C=O) groups excluding carboxylic acids is 1. The lowest BCUT2D eigenvalue weighted by atomic mass is 9.91. The minimum absolute atomic E-state index is 0.0656. The van der Waals surface area contributed by atoms with Crippen LogP contribution in [0.1, 0.15) is 20.8 Å². The fourth-order valence-electron chi connectivity index (χ4n) is 2.91. The Kier molecular flexibility index (Phi) is 3.68. The second kappa shape index (κ2) is 5.84. The molecule has 3 aromatic rings. The minimum atomic E-state index is -0.0656. The van der Waals surface area contributed by atoms with E-state index in [4.69, 9.17) is 11.6 Å². The number of anilines is 1. The number of thiophene rings is 1. The van der Waals surface area contributed by atoms with Crippen LogP contribution in [0.25, 0.3) is 10.4 Å². The summed E-state index contributed by atoms with van der Waals surface area (Å²) in [6.45, 7) is 0. The number of aryl methyl sites for hydroxylation is 2. The maximum Gasteiger partial charge on any atom is 0.265 e. The molecule has 1 amide bonds. The minimum Gasteiger partial charge on any atom is -0.321 e. The fourth-order valence-corrected chi connectivity index (χ4v) is 4.20. The van der Waals surface area contributed by atoms with Gasteiger partial charge in [-0.15, -0.1) is 11.3 Å². The van der Waals surface area contributed by atoms with Gasteiger partial charge in [0.15, 0.2) is 0 Å². The van der Waals surface area contributed by atoms with Crippen LogP contribution in [0, 0.1) is 0 Å². The molecular weight excluding hydrogens is 326 g/mol. The van der Waals surface area contributed by atoms with Crippen LogP contribution in [0.15, 0.2) is 54.6 Å². The Labute approximate surface area is 143 Å². The van der Waals surface area contributed by atoms with Crippen molar-refractivity contribution in [3.63, 3.8) is 0 Å². The Bertz CT molecular complexity index is 883. The Morgan fingerprint density at radius 3 is 2.57 bits per heavy atom. The lowest BCUT2D eigenvalue weighted by molar-refractivity contribution is 0.103. The summed E-state index contributed by atoms with van der Waals surface area (Å²) in [6, 6.07) is 17.6. The topological polar surface area (TPSA) is 29.1 Å². The smallest absolute Gasteiger partial charge is 0.265 e. The Balaban J connectivity index is 1.63. The summed E-state index contributed by atoms with van der Waals surface area (Å²) in [4.78, 5) is 14.5. The van der Waals surface area contributed by atoms with E-state index in [1.807, 2.05) is 18.2 Å². The largest absolute Gasteiger partial charge is 0.321 e. The van der Waals surface area contributed by atoms with Crippen LogP contribution in [0.3, 0.4) is 0 Å². The molecule has 1 heterocycles. The van der Waals surface area contributed by atoms with E-state index in [1.165, 1.54) is 21.6 Å². The summed E-state index contributed by atoms with van der Waals surface area (Å²) in [6.07, 6.45) is 2.04. The normalized spacial score (nSPS) is 12.4. The van der Waals surface area contributed by atoms with Gasteiger partial charge in [0.25, 0.3) is 5.91 Å². The van der Waals surface area contributed by atoms with E-state index >= 15 is 0 Å². The highest BCUT2D eigenvalue weighted by Gasteiger charge is 2.21. The molecule has 0 saturated carbocycles. The molecule has 0 saturated heterocycles. The van der Waals surface area contributed by atoms with E-state index < -0.39 is 0 Å². The van der Waals surface area contributed by atoms with E-state index in [9.17, 15) is 4.79 Å². The van der Waals surface area contributed by atoms with Crippen LogP contribution in [-0.2, 0) is 12.8 Å². The van der Waals surface area contributed by atoms with E-state index in [1.54, 1.807) is 23.5 Å². The van der Waals surface area contributed by atoms with Crippen molar-refractivity contribution < 1.29 is 4.79 Å². The highest BCUT2D eigenvalue weighted by molar-refractivity contribution is 7.17. The number of amides is 1. The summed E-state index contributed by atoms with van der Waals surface area (Å²) in [5.74, 6) is -0.0656. The number of fused-ring (bicyclic) bond motifs is 3. The molecule has 1 aromatic heterocycles. The monoisotopic (exact) mass is 339 g/mol. The zero-order valence-electron chi connectivity index (χ0n) is 12.3. The van der Waals surface area contributed by atoms with Crippen molar-refractivity contribution in [1.29, 1.82) is 0 Å². The number of carbonyl (C=O) groups is 1. The predicted octanol–water partition coefficient (Wildman–Crippen LogP) is 5.42. The highest BCUT2D eigenvalue weighted by Crippen LogP contribution is 2.39. The molecule has 4 heteroatoms. The molecule has 4 rings (SSSR count). The third-order valence-electron chi connectivity index (χ3n) is 4.06. The molecule has 114 valence electrons. The lowest BCUT2D eigenvalue weighted by Gasteiger charge is -2.15. The SMILES string of the molecule is O=C(Nc1ccc(Cl)cc1)c1cc2c(s1)-c1ccccc1CC2. The maximum absolute atomic E-state index is 12.5. The van der Waals surface area contributed by atoms with Crippen LogP contribution in [0.2, 0.25) is 5.02 Å². The van der Waals surface area contributed by atoms with Crippen molar-refractivity contribution >= 4 is 34.5 Å². The molecule has 0 atom stereocenters. The number of benzene rings is 2. The van der Waals surface area contributed by atoms with Gasteiger partial charge in [0.2, 0.25) is 0 Å². The zero-order valence-corrected chi connectivity index (χ0v) is 13.9. The predicted molar refractivity (Wildman–Crippen MR) is 96.6 cm³/mol. The third kappa shape index (κ3) is 2.78. The quantitative estimate of drug-likeness (QED) is 0.663. The maximum atomic E-state index is 12.5. The molecule has 0 unspecified atom stereocenters. The van der Waals surface area contributed by atoms with E-state index in [2.05, 4.69) is 29.6 Å². The van der Waals surface area contributed by atoms with Crippen molar-refractivity contribution in [1.82, 2.24) is 0 Å². The molecule has 2 nitrogen and oxygen atoms in total. The lowest BCUT2D eigenvalue weighted by Crippen LogP contribution is -2.09. The van der Waals surface area contributed by atoms with Gasteiger partial charge in [0, 0.05) is 15.6 Å². The van der Waals surface area contributed by atoms with Crippen molar-refractivity contribution in [2.45, 2.75) is 12.8 Å². The summed E-state index contributed by atoms with van der Waals surface area (Å²) in [7, 11) is 0. The molecule has 1 aliphatic carbocycles. The molecule has 0 radical (unpaired) electrons. The number of halogens is 1. The summed E-state index contributed by atoms with van der Waals surface area (Å²) >= 11 is 7.44. The first-order valence-corrected chi connectivity index (χ1v) is 8.68. The Morgan fingerprint density at radius 2 is 1.74 bits per heavy atom. The second-order valence-electron chi connectivity index (χ2n) is 5.58. The van der Waals surface area contributed by atoms with Gasteiger partial charge >= 0.3 is 0 Å². The van der Waals surface area contributed by atoms with E-state index in [0.29, 0.717) is 5.02 Å². The van der Waals surface area contributed by atoms with E-state index in [-0.39, 0.29) is 5.91 Å². The van der Waals surface area contributed by atoms with E-state index in [0.717, 1.165) is 23.4 Å². The number of hydrogen-bond donors (Lipinski definition) is 1. The molecule has 0 spiro atoms. The van der Waals surface area contributed by atoms with Crippen LogP contribution < -0.4 is 5.32 Å². The second-order valence-corrected chi connectivity index (χ2v) is 7.07. The Hall–Kier alpha value is -2.10. The van der Waals surface area contributed by atoms with Crippen LogP contribution >= 0.6 is 22.9 Å². The Morgan fingerprint density at radius 1 is 1.00 bits per heavy atom. The van der Waals surface area contributed by atoms with Gasteiger partial charge in [-0.1, -0.05) is 35.9 Å². The summed E-state index contributed by atoms with van der Waals surface area (Å²) in [5.41, 5.74) is 4.66. The summed E-state index contributed by atoms with van der Waals surface area (Å²) < 4.78 is 0. The molecule has 0 bridgehead atoms. The standard InChI is InChI=1S/C19H14ClNOS/c20-14-7-9-15(10-8-14)21-19(22)17-11-13-6-5-12-3-1-2-4-16(12)18(13)23-17/h1-4,7-11H,5-6H2,(H,21,22). The number of hydrogen-bond acceptors (Lipinski definition) is 2. The van der Waals surface area contributed by atoms with Crippen molar-refractivity contribution in [2.75, 3.05) is 5.32 Å². The molecule has 0 fully saturated rings. The molecule has 2 aromatic carbocycles. The highest BCUT2D eigenvalue weighted by atomic mass is 35.5. The third-order valence-corrected chi connectivity index (χ3v) is 5.52. The average molecular weight is 340 g/mol. The first kappa shape index (κ1) is 14.5. The van der Waals surface area contributed by atoms with Gasteiger partial charge in [-0.2, -0.15) is 0 Å². The first-order valence-electron chi connectivity index (χ1n) is 7.48. The summed E-state index contributed by atoms with van der Waals surface area (Å²) in [5, 5.41) is 3.59. The molecule has 1 N–H and O–H groups in total.